The molecule has 1 aromatic carbocycles. The summed E-state index contributed by atoms with van der Waals surface area (Å²) in [4.78, 5) is 0. The highest BCUT2D eigenvalue weighted by molar-refractivity contribution is 5.26. The number of aromatic nitrogens is 3. The molecule has 4 heteroatoms. The van der Waals surface area contributed by atoms with E-state index >= 15 is 0 Å². The van der Waals surface area contributed by atoms with E-state index in [9.17, 15) is 5.11 Å². The molecular formula is C15H21N3O. The summed E-state index contributed by atoms with van der Waals surface area (Å²) in [6, 6.07) is 8.41. The minimum Gasteiger partial charge on any atom is -0.388 e. The van der Waals surface area contributed by atoms with Crippen molar-refractivity contribution in [3.8, 4) is 0 Å². The van der Waals surface area contributed by atoms with Gasteiger partial charge in [-0.2, -0.15) is 0 Å². The van der Waals surface area contributed by atoms with Crippen LogP contribution >= 0.6 is 0 Å². The van der Waals surface area contributed by atoms with E-state index < -0.39 is 0 Å². The Balaban J connectivity index is 2.11. The van der Waals surface area contributed by atoms with Gasteiger partial charge < -0.3 is 9.67 Å². The first-order valence-electron chi connectivity index (χ1n) is 6.82. The van der Waals surface area contributed by atoms with E-state index in [1.54, 1.807) is 0 Å². The zero-order chi connectivity index (χ0) is 13.7. The average Bonchev–Trinajstić information content (AvgIpc) is 2.81. The summed E-state index contributed by atoms with van der Waals surface area (Å²) < 4.78 is 2.04. The fourth-order valence-corrected chi connectivity index (χ4v) is 2.29. The van der Waals surface area contributed by atoms with E-state index in [0.717, 1.165) is 31.6 Å². The minimum atomic E-state index is -0.0443. The van der Waals surface area contributed by atoms with Crippen molar-refractivity contribution in [1.82, 2.24) is 14.8 Å². The third-order valence-electron chi connectivity index (χ3n) is 3.37. The lowest BCUT2D eigenvalue weighted by molar-refractivity contribution is 0.264. The van der Waals surface area contributed by atoms with Crippen LogP contribution in [0.1, 0.15) is 36.1 Å². The molecule has 1 heterocycles. The fourth-order valence-electron chi connectivity index (χ4n) is 2.29. The van der Waals surface area contributed by atoms with Gasteiger partial charge >= 0.3 is 0 Å². The molecular weight excluding hydrogens is 238 g/mol. The number of aliphatic hydroxyl groups excluding tert-OH is 1. The number of nitrogens with zero attached hydrogens (tertiary/aromatic N) is 3. The van der Waals surface area contributed by atoms with Gasteiger partial charge in [-0.05, 0) is 30.9 Å². The van der Waals surface area contributed by atoms with Gasteiger partial charge in [0, 0.05) is 13.0 Å². The topological polar surface area (TPSA) is 50.9 Å². The van der Waals surface area contributed by atoms with Gasteiger partial charge in [0.2, 0.25) is 0 Å². The molecule has 0 aliphatic rings. The highest BCUT2D eigenvalue weighted by Gasteiger charge is 2.10. The molecule has 0 spiro atoms. The standard InChI is InChI=1S/C15H21N3O/c1-3-10-18-14(16-17-15(18)11-19)9-8-13-7-5-4-6-12(13)2/h4-7,19H,3,8-11H2,1-2H3. The number of aliphatic hydroxyl groups is 1. The first kappa shape index (κ1) is 13.7. The van der Waals surface area contributed by atoms with Crippen LogP contribution < -0.4 is 0 Å². The molecule has 1 aromatic heterocycles. The zero-order valence-electron chi connectivity index (χ0n) is 11.6. The normalized spacial score (nSPS) is 10.9. The molecule has 0 unspecified atom stereocenters. The molecule has 0 aliphatic heterocycles. The van der Waals surface area contributed by atoms with Crippen LogP contribution in [0.25, 0.3) is 0 Å². The first-order valence-corrected chi connectivity index (χ1v) is 6.82. The van der Waals surface area contributed by atoms with Crippen molar-refractivity contribution in [2.75, 3.05) is 0 Å². The van der Waals surface area contributed by atoms with Crippen LogP contribution in [0.3, 0.4) is 0 Å². The van der Waals surface area contributed by atoms with Crippen LogP contribution in [-0.2, 0) is 26.0 Å². The number of hydrogen-bond acceptors (Lipinski definition) is 3. The SMILES string of the molecule is CCCn1c(CO)nnc1CCc1ccccc1C. The summed E-state index contributed by atoms with van der Waals surface area (Å²) in [5, 5.41) is 17.5. The lowest BCUT2D eigenvalue weighted by Gasteiger charge is -2.08. The van der Waals surface area contributed by atoms with Crippen molar-refractivity contribution in [1.29, 1.82) is 0 Å². The highest BCUT2D eigenvalue weighted by atomic mass is 16.3. The van der Waals surface area contributed by atoms with Crippen molar-refractivity contribution in [3.05, 3.63) is 47.0 Å². The van der Waals surface area contributed by atoms with Crippen LogP contribution in [0.15, 0.2) is 24.3 Å². The Morgan fingerprint density at radius 2 is 1.84 bits per heavy atom. The molecule has 4 nitrogen and oxygen atoms in total. The van der Waals surface area contributed by atoms with E-state index in [1.165, 1.54) is 11.1 Å². The van der Waals surface area contributed by atoms with E-state index in [4.69, 9.17) is 0 Å². The van der Waals surface area contributed by atoms with Crippen LogP contribution in [-0.4, -0.2) is 19.9 Å². The zero-order valence-corrected chi connectivity index (χ0v) is 11.6. The molecule has 2 aromatic rings. The Hall–Kier alpha value is -1.68. The molecule has 0 bridgehead atoms. The first-order chi connectivity index (χ1) is 9.26. The third-order valence-corrected chi connectivity index (χ3v) is 3.37. The fraction of sp³-hybridized carbons (Fsp3) is 0.467. The Bertz CT molecular complexity index is 534. The molecule has 0 radical (unpaired) electrons. The molecule has 19 heavy (non-hydrogen) atoms. The van der Waals surface area contributed by atoms with Crippen molar-refractivity contribution in [2.24, 2.45) is 0 Å². The Morgan fingerprint density at radius 3 is 2.53 bits per heavy atom. The summed E-state index contributed by atoms with van der Waals surface area (Å²) in [6.07, 6.45) is 2.83. The van der Waals surface area contributed by atoms with Crippen LogP contribution in [0.4, 0.5) is 0 Å². The summed E-state index contributed by atoms with van der Waals surface area (Å²) >= 11 is 0. The number of rotatable bonds is 6. The second-order valence-electron chi connectivity index (χ2n) is 4.77. The maximum atomic E-state index is 9.26. The summed E-state index contributed by atoms with van der Waals surface area (Å²) in [7, 11) is 0. The molecule has 2 rings (SSSR count). The lowest BCUT2D eigenvalue weighted by Crippen LogP contribution is -2.09. The second kappa shape index (κ2) is 6.48. The molecule has 102 valence electrons. The number of aryl methyl sites for hydroxylation is 3. The molecule has 0 saturated carbocycles. The molecule has 0 amide bonds. The predicted molar refractivity (Wildman–Crippen MR) is 74.8 cm³/mol. The largest absolute Gasteiger partial charge is 0.388 e. The third kappa shape index (κ3) is 3.20. The average molecular weight is 259 g/mol. The summed E-state index contributed by atoms with van der Waals surface area (Å²) in [5.41, 5.74) is 2.66. The van der Waals surface area contributed by atoms with Crippen molar-refractivity contribution in [3.63, 3.8) is 0 Å². The number of benzene rings is 1. The van der Waals surface area contributed by atoms with E-state index in [1.807, 2.05) is 4.57 Å². The molecule has 1 N–H and O–H groups in total. The van der Waals surface area contributed by atoms with Gasteiger partial charge in [-0.25, -0.2) is 0 Å². The maximum Gasteiger partial charge on any atom is 0.158 e. The van der Waals surface area contributed by atoms with E-state index in [0.29, 0.717) is 5.82 Å². The number of hydrogen-bond donors (Lipinski definition) is 1. The smallest absolute Gasteiger partial charge is 0.158 e. The van der Waals surface area contributed by atoms with Gasteiger partial charge in [0.25, 0.3) is 0 Å². The lowest BCUT2D eigenvalue weighted by atomic mass is 10.0. The van der Waals surface area contributed by atoms with Gasteiger partial charge in [0.1, 0.15) is 12.4 Å². The monoisotopic (exact) mass is 259 g/mol. The summed E-state index contributed by atoms with van der Waals surface area (Å²) in [5.74, 6) is 1.63. The van der Waals surface area contributed by atoms with Gasteiger partial charge in [-0.15, -0.1) is 10.2 Å². The highest BCUT2D eigenvalue weighted by Crippen LogP contribution is 2.12. The Kier molecular flexibility index (Phi) is 4.68. The Labute approximate surface area is 114 Å². The maximum absolute atomic E-state index is 9.26. The second-order valence-corrected chi connectivity index (χ2v) is 4.77. The predicted octanol–water partition coefficient (Wildman–Crippen LogP) is 2.27. The van der Waals surface area contributed by atoms with Gasteiger partial charge in [-0.1, -0.05) is 31.2 Å². The van der Waals surface area contributed by atoms with Gasteiger partial charge in [0.15, 0.2) is 5.82 Å². The molecule has 0 atom stereocenters. The molecule has 0 aliphatic carbocycles. The van der Waals surface area contributed by atoms with Crippen LogP contribution in [0, 0.1) is 6.92 Å². The van der Waals surface area contributed by atoms with Crippen LogP contribution in [0.5, 0.6) is 0 Å². The van der Waals surface area contributed by atoms with Crippen molar-refractivity contribution in [2.45, 2.75) is 46.3 Å². The molecule has 0 fully saturated rings. The van der Waals surface area contributed by atoms with E-state index in [-0.39, 0.29) is 6.61 Å². The molecule has 0 saturated heterocycles. The van der Waals surface area contributed by atoms with Gasteiger partial charge in [0.05, 0.1) is 0 Å². The van der Waals surface area contributed by atoms with E-state index in [2.05, 4.69) is 48.3 Å². The van der Waals surface area contributed by atoms with Crippen molar-refractivity contribution >= 4 is 0 Å². The van der Waals surface area contributed by atoms with Crippen molar-refractivity contribution < 1.29 is 5.11 Å². The summed E-state index contributed by atoms with van der Waals surface area (Å²) in [6.45, 7) is 5.07. The minimum absolute atomic E-state index is 0.0443. The van der Waals surface area contributed by atoms with Crippen LogP contribution in [0.2, 0.25) is 0 Å². The van der Waals surface area contributed by atoms with Gasteiger partial charge in [-0.3, -0.25) is 0 Å². The Morgan fingerprint density at radius 1 is 1.11 bits per heavy atom. The quantitative estimate of drug-likeness (QED) is 0.866.